The zero-order valence-electron chi connectivity index (χ0n) is 12.9. The summed E-state index contributed by atoms with van der Waals surface area (Å²) >= 11 is 2.53. The van der Waals surface area contributed by atoms with Crippen LogP contribution >= 0.6 is 22.7 Å². The summed E-state index contributed by atoms with van der Waals surface area (Å²) in [6.45, 7) is 1.27. The van der Waals surface area contributed by atoms with Crippen LogP contribution in [-0.4, -0.2) is 29.1 Å². The van der Waals surface area contributed by atoms with Gasteiger partial charge in [0.1, 0.15) is 5.01 Å². The predicted molar refractivity (Wildman–Crippen MR) is 89.1 cm³/mol. The third kappa shape index (κ3) is 4.81. The molecule has 0 unspecified atom stereocenters. The molecule has 8 heteroatoms. The van der Waals surface area contributed by atoms with Crippen molar-refractivity contribution in [3.05, 3.63) is 38.5 Å². The van der Waals surface area contributed by atoms with Crippen molar-refractivity contribution in [1.82, 2.24) is 4.98 Å². The Hall–Kier alpha value is -2.37. The molecule has 2 aromatic heterocycles. The van der Waals surface area contributed by atoms with E-state index in [2.05, 4.69) is 4.98 Å². The van der Waals surface area contributed by atoms with Crippen LogP contribution in [0.5, 0.6) is 0 Å². The number of hydrogen-bond donors (Lipinski definition) is 0. The van der Waals surface area contributed by atoms with Crippen molar-refractivity contribution < 1.29 is 19.1 Å². The van der Waals surface area contributed by atoms with Crippen molar-refractivity contribution in [2.45, 2.75) is 25.7 Å². The molecule has 6 nitrogen and oxygen atoms in total. The molecule has 2 heterocycles. The molecule has 24 heavy (non-hydrogen) atoms. The highest BCUT2D eigenvalue weighted by atomic mass is 32.1. The van der Waals surface area contributed by atoms with Crippen LogP contribution < -0.4 is 0 Å². The van der Waals surface area contributed by atoms with Crippen LogP contribution in [0.15, 0.2) is 22.9 Å². The lowest BCUT2D eigenvalue weighted by Crippen LogP contribution is -2.20. The van der Waals surface area contributed by atoms with Gasteiger partial charge in [-0.25, -0.2) is 4.98 Å². The number of aromatic nitrogens is 1. The highest BCUT2D eigenvalue weighted by Gasteiger charge is 2.24. The van der Waals surface area contributed by atoms with E-state index in [0.717, 1.165) is 5.69 Å². The molecule has 0 N–H and O–H groups in total. The van der Waals surface area contributed by atoms with Gasteiger partial charge in [-0.2, -0.15) is 5.26 Å². The molecule has 0 spiro atoms. The fraction of sp³-hybridized carbons (Fsp3) is 0.312. The normalized spacial score (nSPS) is 11.5. The van der Waals surface area contributed by atoms with E-state index in [-0.39, 0.29) is 18.6 Å². The Morgan fingerprint density at radius 2 is 2.12 bits per heavy atom. The molecule has 0 aliphatic carbocycles. The largest absolute Gasteiger partial charge is 0.458 e. The van der Waals surface area contributed by atoms with Gasteiger partial charge in [-0.1, -0.05) is 6.07 Å². The molecule has 0 saturated carbocycles. The first-order valence-corrected chi connectivity index (χ1v) is 8.84. The minimum atomic E-state index is -1.04. The number of nitriles is 1. The fourth-order valence-corrected chi connectivity index (χ4v) is 3.41. The maximum absolute atomic E-state index is 12.0. The first-order valence-electron chi connectivity index (χ1n) is 7.08. The van der Waals surface area contributed by atoms with Gasteiger partial charge in [0.15, 0.2) is 24.1 Å². The number of ether oxygens (including phenoxy) is 1. The van der Waals surface area contributed by atoms with Gasteiger partial charge in [-0.05, 0) is 18.4 Å². The smallest absolute Gasteiger partial charge is 0.306 e. The second-order valence-electron chi connectivity index (χ2n) is 4.92. The predicted octanol–water partition coefficient (Wildman–Crippen LogP) is 2.90. The third-order valence-electron chi connectivity index (χ3n) is 3.06. The van der Waals surface area contributed by atoms with Gasteiger partial charge in [-0.15, -0.1) is 22.7 Å². The lowest BCUT2D eigenvalue weighted by atomic mass is 10.1. The molecular weight excluding hydrogens is 348 g/mol. The Morgan fingerprint density at radius 3 is 2.71 bits per heavy atom. The molecule has 0 aromatic carbocycles. The van der Waals surface area contributed by atoms with E-state index in [1.165, 1.54) is 22.7 Å². The SMILES string of the molecule is Cc1csc([C@H](C#N)C(=O)COC(=O)CCC(=O)c2cccs2)n1. The van der Waals surface area contributed by atoms with Crippen molar-refractivity contribution in [2.75, 3.05) is 6.61 Å². The van der Waals surface area contributed by atoms with Crippen LogP contribution in [0.2, 0.25) is 0 Å². The van der Waals surface area contributed by atoms with Crippen LogP contribution in [0.25, 0.3) is 0 Å². The highest BCUT2D eigenvalue weighted by Crippen LogP contribution is 2.21. The molecule has 0 saturated heterocycles. The van der Waals surface area contributed by atoms with Crippen LogP contribution in [0.3, 0.4) is 0 Å². The van der Waals surface area contributed by atoms with Crippen LogP contribution in [0, 0.1) is 18.3 Å². The molecule has 0 aliphatic heterocycles. The van der Waals surface area contributed by atoms with Crippen LogP contribution in [-0.2, 0) is 14.3 Å². The molecule has 0 radical (unpaired) electrons. The number of hydrogen-bond acceptors (Lipinski definition) is 8. The minimum absolute atomic E-state index is 0.0287. The van der Waals surface area contributed by atoms with Gasteiger partial charge in [0.25, 0.3) is 0 Å². The maximum Gasteiger partial charge on any atom is 0.306 e. The summed E-state index contributed by atoms with van der Waals surface area (Å²) in [5.41, 5.74) is 0.729. The van der Waals surface area contributed by atoms with Crippen molar-refractivity contribution in [3.8, 4) is 6.07 Å². The lowest BCUT2D eigenvalue weighted by molar-refractivity contribution is -0.148. The Labute approximate surface area is 146 Å². The molecule has 0 fully saturated rings. The van der Waals surface area contributed by atoms with Gasteiger partial charge in [0.05, 0.1) is 17.4 Å². The molecule has 0 aliphatic rings. The molecule has 124 valence electrons. The van der Waals surface area contributed by atoms with Crippen LogP contribution in [0.1, 0.15) is 39.1 Å². The van der Waals surface area contributed by atoms with E-state index in [0.29, 0.717) is 9.88 Å². The average Bonchev–Trinajstić information content (AvgIpc) is 3.23. The van der Waals surface area contributed by atoms with Crippen molar-refractivity contribution >= 4 is 40.2 Å². The minimum Gasteiger partial charge on any atom is -0.458 e. The van der Waals surface area contributed by atoms with Gasteiger partial charge in [0, 0.05) is 17.5 Å². The zero-order chi connectivity index (χ0) is 17.5. The lowest BCUT2D eigenvalue weighted by Gasteiger charge is -2.06. The third-order valence-corrected chi connectivity index (χ3v) is 5.00. The quantitative estimate of drug-likeness (QED) is 0.529. The molecular formula is C16H14N2O4S2. The number of aryl methyl sites for hydroxylation is 1. The number of Topliss-reactive ketones (excluding diaryl/α,β-unsaturated/α-hetero) is 2. The van der Waals surface area contributed by atoms with E-state index in [9.17, 15) is 14.4 Å². The van der Waals surface area contributed by atoms with Gasteiger partial charge >= 0.3 is 5.97 Å². The summed E-state index contributed by atoms with van der Waals surface area (Å²) in [5.74, 6) is -2.34. The van der Waals surface area contributed by atoms with Crippen LogP contribution in [0.4, 0.5) is 0 Å². The number of ketones is 2. The number of carbonyl (C=O) groups is 3. The summed E-state index contributed by atoms with van der Waals surface area (Å²) in [4.78, 5) is 40.1. The van der Waals surface area contributed by atoms with E-state index in [1.807, 2.05) is 6.07 Å². The summed E-state index contributed by atoms with van der Waals surface area (Å²) in [6, 6.07) is 5.33. The number of nitrogens with zero attached hydrogens (tertiary/aromatic N) is 2. The van der Waals surface area contributed by atoms with Gasteiger partial charge < -0.3 is 4.74 Å². The summed E-state index contributed by atoms with van der Waals surface area (Å²) < 4.78 is 4.87. The second kappa shape index (κ2) is 8.47. The second-order valence-corrected chi connectivity index (χ2v) is 6.75. The van der Waals surface area contributed by atoms with Crippen molar-refractivity contribution in [2.24, 2.45) is 0 Å². The van der Waals surface area contributed by atoms with Crippen molar-refractivity contribution in [1.29, 1.82) is 5.26 Å². The Morgan fingerprint density at radius 1 is 1.33 bits per heavy atom. The number of esters is 1. The van der Waals surface area contributed by atoms with E-state index < -0.39 is 24.3 Å². The average molecular weight is 362 g/mol. The molecule has 1 atom stereocenters. The summed E-state index contributed by atoms with van der Waals surface area (Å²) in [7, 11) is 0. The van der Waals surface area contributed by atoms with Gasteiger partial charge in [-0.3, -0.25) is 14.4 Å². The monoisotopic (exact) mass is 362 g/mol. The molecule has 0 bridgehead atoms. The molecule has 2 rings (SSSR count). The maximum atomic E-state index is 12.0. The first kappa shape index (κ1) is 18.0. The number of carbonyl (C=O) groups excluding carboxylic acids is 3. The summed E-state index contributed by atoms with van der Waals surface area (Å²) in [5, 5.41) is 13.0. The summed E-state index contributed by atoms with van der Waals surface area (Å²) in [6.07, 6.45) is -0.0709. The fourth-order valence-electron chi connectivity index (χ4n) is 1.85. The van der Waals surface area contributed by atoms with E-state index >= 15 is 0 Å². The zero-order valence-corrected chi connectivity index (χ0v) is 14.5. The standard InChI is InChI=1S/C16H14N2O4S2/c1-10-9-24-16(18-10)11(7-17)13(20)8-22-15(21)5-4-12(19)14-3-2-6-23-14/h2-3,6,9,11H,4-5,8H2,1H3/t11-/m1/s1. The molecule has 0 amide bonds. The Kier molecular flexibility index (Phi) is 6.35. The van der Waals surface area contributed by atoms with Gasteiger partial charge in [0.2, 0.25) is 0 Å². The number of thiazole rings is 1. The Bertz CT molecular complexity index is 774. The van der Waals surface area contributed by atoms with Crippen molar-refractivity contribution in [3.63, 3.8) is 0 Å². The van der Waals surface area contributed by atoms with E-state index in [4.69, 9.17) is 10.00 Å². The Balaban J connectivity index is 1.79. The highest BCUT2D eigenvalue weighted by molar-refractivity contribution is 7.12. The topological polar surface area (TPSA) is 97.1 Å². The molecule has 2 aromatic rings. The first-order chi connectivity index (χ1) is 11.5. The number of rotatable bonds is 8. The van der Waals surface area contributed by atoms with E-state index in [1.54, 1.807) is 29.8 Å². The number of thiophene rings is 1.